The number of aromatic amines is 1. The summed E-state index contributed by atoms with van der Waals surface area (Å²) in [4.78, 5) is 30.1. The molecule has 1 amide bonds. The van der Waals surface area contributed by atoms with Gasteiger partial charge < -0.3 is 15.0 Å². The molecule has 1 aliphatic heterocycles. The Kier molecular flexibility index (Phi) is 4.59. The van der Waals surface area contributed by atoms with Gasteiger partial charge in [-0.25, -0.2) is 0 Å². The molecule has 2 heterocycles. The van der Waals surface area contributed by atoms with Gasteiger partial charge in [0, 0.05) is 44.5 Å². The summed E-state index contributed by atoms with van der Waals surface area (Å²) in [7, 11) is 0. The zero-order chi connectivity index (χ0) is 15.5. The molecule has 2 N–H and O–H groups in total. The quantitative estimate of drug-likeness (QED) is 0.831. The highest BCUT2D eigenvalue weighted by atomic mass is 16.3. The molecule has 1 aliphatic carbocycles. The van der Waals surface area contributed by atoms with E-state index >= 15 is 0 Å². The first-order valence-corrected chi connectivity index (χ1v) is 8.05. The van der Waals surface area contributed by atoms with E-state index in [1.807, 2.05) is 4.90 Å². The fourth-order valence-electron chi connectivity index (χ4n) is 3.50. The lowest BCUT2D eigenvalue weighted by molar-refractivity contribution is -0.00173. The van der Waals surface area contributed by atoms with E-state index in [9.17, 15) is 14.7 Å². The van der Waals surface area contributed by atoms with Gasteiger partial charge in [-0.15, -0.1) is 0 Å². The topological polar surface area (TPSA) is 76.6 Å². The third-order valence-corrected chi connectivity index (χ3v) is 4.80. The Morgan fingerprint density at radius 1 is 1.14 bits per heavy atom. The number of nitrogens with one attached hydrogen (secondary N) is 1. The number of pyridine rings is 1. The second kappa shape index (κ2) is 6.62. The van der Waals surface area contributed by atoms with Gasteiger partial charge in [0.1, 0.15) is 0 Å². The standard InChI is InChI=1S/C16H23N3O3/c20-14-4-2-1-3-13(14)18-7-9-19(10-8-18)16(22)12-5-6-15(21)17-11-12/h5-6,11,13-14,20H,1-4,7-10H2,(H,17,21). The van der Waals surface area contributed by atoms with Crippen LogP contribution in [0.1, 0.15) is 36.0 Å². The number of nitrogens with zero attached hydrogens (tertiary/aromatic N) is 2. The number of carbonyl (C=O) groups is 1. The van der Waals surface area contributed by atoms with Crippen molar-refractivity contribution in [1.29, 1.82) is 0 Å². The number of piperazine rings is 1. The SMILES string of the molecule is O=C(c1ccc(=O)[nH]c1)N1CCN(C2CCCCC2O)CC1. The van der Waals surface area contributed by atoms with Gasteiger partial charge in [0.2, 0.25) is 5.56 Å². The van der Waals surface area contributed by atoms with E-state index < -0.39 is 0 Å². The molecule has 3 rings (SSSR count). The highest BCUT2D eigenvalue weighted by Gasteiger charge is 2.32. The molecule has 0 spiro atoms. The summed E-state index contributed by atoms with van der Waals surface area (Å²) in [5.41, 5.74) is 0.318. The van der Waals surface area contributed by atoms with E-state index in [0.717, 1.165) is 32.4 Å². The maximum absolute atomic E-state index is 12.4. The Balaban J connectivity index is 1.58. The molecule has 0 radical (unpaired) electrons. The van der Waals surface area contributed by atoms with Crippen LogP contribution in [-0.4, -0.2) is 64.1 Å². The molecule has 6 nitrogen and oxygen atoms in total. The predicted molar refractivity (Wildman–Crippen MR) is 82.8 cm³/mol. The second-order valence-electron chi connectivity index (χ2n) is 6.19. The molecule has 22 heavy (non-hydrogen) atoms. The summed E-state index contributed by atoms with van der Waals surface area (Å²) in [6, 6.07) is 3.19. The van der Waals surface area contributed by atoms with Crippen molar-refractivity contribution in [2.45, 2.75) is 37.8 Å². The predicted octanol–water partition coefficient (Wildman–Crippen LogP) is 0.436. The molecule has 6 heteroatoms. The molecule has 120 valence electrons. The van der Waals surface area contributed by atoms with E-state index in [4.69, 9.17) is 0 Å². The Morgan fingerprint density at radius 2 is 1.86 bits per heavy atom. The number of aromatic nitrogens is 1. The van der Waals surface area contributed by atoms with Gasteiger partial charge in [-0.05, 0) is 18.9 Å². The molecule has 2 atom stereocenters. The maximum Gasteiger partial charge on any atom is 0.255 e. The Morgan fingerprint density at radius 3 is 2.50 bits per heavy atom. The summed E-state index contributed by atoms with van der Waals surface area (Å²) in [5.74, 6) is -0.0416. The van der Waals surface area contributed by atoms with Crippen molar-refractivity contribution in [3.63, 3.8) is 0 Å². The van der Waals surface area contributed by atoms with Gasteiger partial charge in [0.15, 0.2) is 0 Å². The van der Waals surface area contributed by atoms with E-state index in [1.54, 1.807) is 6.07 Å². The molecule has 1 saturated heterocycles. The molecule has 0 bridgehead atoms. The molecule has 2 fully saturated rings. The van der Waals surface area contributed by atoms with Crippen LogP contribution >= 0.6 is 0 Å². The minimum absolute atomic E-state index is 0.0416. The molecule has 1 aromatic heterocycles. The average Bonchev–Trinajstić information content (AvgIpc) is 2.56. The fourth-order valence-corrected chi connectivity index (χ4v) is 3.50. The largest absolute Gasteiger partial charge is 0.391 e. The van der Waals surface area contributed by atoms with Crippen LogP contribution in [0.5, 0.6) is 0 Å². The summed E-state index contributed by atoms with van der Waals surface area (Å²) in [5, 5.41) is 10.1. The van der Waals surface area contributed by atoms with Crippen LogP contribution < -0.4 is 5.56 Å². The average molecular weight is 305 g/mol. The normalized spacial score (nSPS) is 26.9. The number of amides is 1. The second-order valence-corrected chi connectivity index (χ2v) is 6.19. The summed E-state index contributed by atoms with van der Waals surface area (Å²) in [6.07, 6.45) is 5.48. The van der Waals surface area contributed by atoms with Gasteiger partial charge in [-0.2, -0.15) is 0 Å². The maximum atomic E-state index is 12.4. The van der Waals surface area contributed by atoms with E-state index in [0.29, 0.717) is 18.7 Å². The number of aliphatic hydroxyl groups is 1. The molecule has 2 aliphatic rings. The number of hydrogen-bond donors (Lipinski definition) is 2. The smallest absolute Gasteiger partial charge is 0.255 e. The van der Waals surface area contributed by atoms with Crippen molar-refractivity contribution in [3.05, 3.63) is 34.2 Å². The zero-order valence-electron chi connectivity index (χ0n) is 12.7. The Hall–Kier alpha value is -1.66. The summed E-state index contributed by atoms with van der Waals surface area (Å²) in [6.45, 7) is 2.94. The van der Waals surface area contributed by atoms with Gasteiger partial charge in [0.25, 0.3) is 5.91 Å². The van der Waals surface area contributed by atoms with Crippen molar-refractivity contribution in [1.82, 2.24) is 14.8 Å². The zero-order valence-corrected chi connectivity index (χ0v) is 12.7. The molecule has 1 saturated carbocycles. The van der Waals surface area contributed by atoms with Gasteiger partial charge in [0.05, 0.1) is 11.7 Å². The van der Waals surface area contributed by atoms with Crippen LogP contribution in [0, 0.1) is 0 Å². The van der Waals surface area contributed by atoms with Crippen LogP contribution in [0.25, 0.3) is 0 Å². The van der Waals surface area contributed by atoms with E-state index in [2.05, 4.69) is 9.88 Å². The minimum atomic E-state index is -0.227. The molecule has 2 unspecified atom stereocenters. The lowest BCUT2D eigenvalue weighted by atomic mass is 9.91. The first-order valence-electron chi connectivity index (χ1n) is 8.05. The van der Waals surface area contributed by atoms with Crippen molar-refractivity contribution in [2.24, 2.45) is 0 Å². The highest BCUT2D eigenvalue weighted by Crippen LogP contribution is 2.24. The number of H-pyrrole nitrogens is 1. The van der Waals surface area contributed by atoms with Crippen LogP contribution in [0.4, 0.5) is 0 Å². The molecular weight excluding hydrogens is 282 g/mol. The number of carbonyl (C=O) groups excluding carboxylic acids is 1. The third-order valence-electron chi connectivity index (χ3n) is 4.80. The van der Waals surface area contributed by atoms with Crippen LogP contribution in [0.15, 0.2) is 23.1 Å². The fraction of sp³-hybridized carbons (Fsp3) is 0.625. The first kappa shape index (κ1) is 15.2. The van der Waals surface area contributed by atoms with E-state index in [1.165, 1.54) is 18.7 Å². The third kappa shape index (κ3) is 3.23. The Labute approximate surface area is 129 Å². The van der Waals surface area contributed by atoms with Crippen LogP contribution in [-0.2, 0) is 0 Å². The number of hydrogen-bond acceptors (Lipinski definition) is 4. The van der Waals surface area contributed by atoms with Crippen LogP contribution in [0.3, 0.4) is 0 Å². The lowest BCUT2D eigenvalue weighted by Gasteiger charge is -2.42. The number of aliphatic hydroxyl groups excluding tert-OH is 1. The van der Waals surface area contributed by atoms with Crippen molar-refractivity contribution in [3.8, 4) is 0 Å². The van der Waals surface area contributed by atoms with E-state index in [-0.39, 0.29) is 23.6 Å². The van der Waals surface area contributed by atoms with Crippen molar-refractivity contribution < 1.29 is 9.90 Å². The Bertz CT molecular complexity index is 558. The molecule has 0 aromatic carbocycles. The number of rotatable bonds is 2. The monoisotopic (exact) mass is 305 g/mol. The highest BCUT2D eigenvalue weighted by molar-refractivity contribution is 5.93. The molecular formula is C16H23N3O3. The molecule has 1 aromatic rings. The van der Waals surface area contributed by atoms with Crippen molar-refractivity contribution >= 4 is 5.91 Å². The minimum Gasteiger partial charge on any atom is -0.391 e. The summed E-state index contributed by atoms with van der Waals surface area (Å²) >= 11 is 0. The van der Waals surface area contributed by atoms with Gasteiger partial charge in [-0.3, -0.25) is 14.5 Å². The first-order chi connectivity index (χ1) is 10.6. The summed E-state index contributed by atoms with van der Waals surface area (Å²) < 4.78 is 0. The van der Waals surface area contributed by atoms with Gasteiger partial charge >= 0.3 is 0 Å². The lowest BCUT2D eigenvalue weighted by Crippen LogP contribution is -2.55. The van der Waals surface area contributed by atoms with Crippen LogP contribution in [0.2, 0.25) is 0 Å². The van der Waals surface area contributed by atoms with Crippen molar-refractivity contribution in [2.75, 3.05) is 26.2 Å². The van der Waals surface area contributed by atoms with Gasteiger partial charge in [-0.1, -0.05) is 12.8 Å².